The van der Waals surface area contributed by atoms with Gasteiger partial charge in [-0.25, -0.2) is 4.98 Å². The van der Waals surface area contributed by atoms with Gasteiger partial charge in [0, 0.05) is 39.5 Å². The van der Waals surface area contributed by atoms with Crippen molar-refractivity contribution >= 4 is 60.9 Å². The summed E-state index contributed by atoms with van der Waals surface area (Å²) >= 11 is 0. The number of rotatable bonds is 7. The molecule has 0 fully saturated rings. The quantitative estimate of drug-likeness (QED) is 0.164. The van der Waals surface area contributed by atoms with Crippen LogP contribution in [0.25, 0.3) is 88.6 Å². The number of hydrogen-bond donors (Lipinski definition) is 0. The second-order valence-electron chi connectivity index (χ2n) is 14.4. The summed E-state index contributed by atoms with van der Waals surface area (Å²) in [5.41, 5.74) is 14.3. The van der Waals surface area contributed by atoms with Gasteiger partial charge in [-0.15, -0.1) is 0 Å². The summed E-state index contributed by atoms with van der Waals surface area (Å²) in [4.78, 5) is 7.18. The van der Waals surface area contributed by atoms with E-state index in [1.807, 2.05) is 36.4 Å². The Kier molecular flexibility index (Phi) is 7.78. The summed E-state index contributed by atoms with van der Waals surface area (Å²) in [6.45, 7) is 0. The molecular weight excluding hydrogens is 697 g/mol. The van der Waals surface area contributed by atoms with E-state index in [0.717, 1.165) is 61.2 Å². The van der Waals surface area contributed by atoms with Crippen LogP contribution in [-0.2, 0) is 0 Å². The maximum atomic E-state index is 6.33. The molecule has 0 aliphatic carbocycles. The molecule has 57 heavy (non-hydrogen) atoms. The van der Waals surface area contributed by atoms with Crippen LogP contribution in [0.3, 0.4) is 0 Å². The van der Waals surface area contributed by atoms with Crippen molar-refractivity contribution < 1.29 is 8.83 Å². The van der Waals surface area contributed by atoms with Crippen LogP contribution in [0.5, 0.6) is 0 Å². The number of hydrogen-bond acceptors (Lipinski definition) is 4. The fraction of sp³-hybridized carbons (Fsp3) is 0. The highest BCUT2D eigenvalue weighted by atomic mass is 16.4. The van der Waals surface area contributed by atoms with Gasteiger partial charge in [0.25, 0.3) is 0 Å². The second kappa shape index (κ2) is 13.6. The standard InChI is InChI=1S/C53H34N2O2/c1-4-12-35(13-5-1)36-20-25-42(26-21-36)55(44-30-41-18-10-11-19-45(41)46(32-44)38-14-6-2-7-15-38)43-27-22-37(23-28-43)40-24-29-50-47(31-40)48-33-49-52(34-51(48)56-50)57-53(54-49)39-16-8-3-9-17-39/h1-34H. The van der Waals surface area contributed by atoms with Gasteiger partial charge in [-0.3, -0.25) is 0 Å². The minimum absolute atomic E-state index is 0.601. The molecule has 0 radical (unpaired) electrons. The molecule has 11 rings (SSSR count). The average Bonchev–Trinajstić information content (AvgIpc) is 3.87. The van der Waals surface area contributed by atoms with E-state index in [1.165, 1.54) is 33.0 Å². The molecule has 0 spiro atoms. The zero-order valence-electron chi connectivity index (χ0n) is 30.8. The van der Waals surface area contributed by atoms with Crippen molar-refractivity contribution in [2.45, 2.75) is 0 Å². The van der Waals surface area contributed by atoms with E-state index in [0.29, 0.717) is 11.5 Å². The van der Waals surface area contributed by atoms with Crippen molar-refractivity contribution in [1.29, 1.82) is 0 Å². The van der Waals surface area contributed by atoms with Crippen LogP contribution in [-0.4, -0.2) is 4.98 Å². The van der Waals surface area contributed by atoms with Gasteiger partial charge >= 0.3 is 0 Å². The fourth-order valence-corrected chi connectivity index (χ4v) is 8.05. The number of furan rings is 1. The molecule has 268 valence electrons. The molecule has 0 unspecified atom stereocenters. The van der Waals surface area contributed by atoms with E-state index >= 15 is 0 Å². The van der Waals surface area contributed by atoms with E-state index in [4.69, 9.17) is 13.8 Å². The van der Waals surface area contributed by atoms with E-state index in [9.17, 15) is 0 Å². The monoisotopic (exact) mass is 730 g/mol. The number of nitrogens with zero attached hydrogens (tertiary/aromatic N) is 2. The Morgan fingerprint density at radius 2 is 0.895 bits per heavy atom. The van der Waals surface area contributed by atoms with Gasteiger partial charge in [0.05, 0.1) is 0 Å². The van der Waals surface area contributed by atoms with E-state index < -0.39 is 0 Å². The molecule has 4 nitrogen and oxygen atoms in total. The number of fused-ring (bicyclic) bond motifs is 5. The van der Waals surface area contributed by atoms with Gasteiger partial charge in [-0.2, -0.15) is 0 Å². The molecule has 11 aromatic rings. The zero-order chi connectivity index (χ0) is 37.7. The van der Waals surface area contributed by atoms with Crippen LogP contribution in [0.1, 0.15) is 0 Å². The maximum absolute atomic E-state index is 6.33. The highest BCUT2D eigenvalue weighted by Gasteiger charge is 2.18. The Morgan fingerprint density at radius 3 is 1.60 bits per heavy atom. The van der Waals surface area contributed by atoms with Crippen molar-refractivity contribution in [3.05, 3.63) is 206 Å². The van der Waals surface area contributed by atoms with Gasteiger partial charge in [-0.1, -0.05) is 133 Å². The predicted octanol–water partition coefficient (Wildman–Crippen LogP) is 15.0. The predicted molar refractivity (Wildman–Crippen MR) is 235 cm³/mol. The van der Waals surface area contributed by atoms with Gasteiger partial charge in [0.2, 0.25) is 5.89 Å². The van der Waals surface area contributed by atoms with Crippen LogP contribution in [0, 0.1) is 0 Å². The molecule has 0 N–H and O–H groups in total. The molecule has 9 aromatic carbocycles. The summed E-state index contributed by atoms with van der Waals surface area (Å²) in [7, 11) is 0. The van der Waals surface area contributed by atoms with Crippen LogP contribution in [0.15, 0.2) is 215 Å². The Balaban J connectivity index is 1.00. The lowest BCUT2D eigenvalue weighted by atomic mass is 9.96. The number of benzene rings is 9. The van der Waals surface area contributed by atoms with Crippen LogP contribution >= 0.6 is 0 Å². The smallest absolute Gasteiger partial charge is 0.227 e. The second-order valence-corrected chi connectivity index (χ2v) is 14.4. The minimum atomic E-state index is 0.601. The fourth-order valence-electron chi connectivity index (χ4n) is 8.05. The molecule has 2 heterocycles. The van der Waals surface area contributed by atoms with Gasteiger partial charge in [0.15, 0.2) is 5.58 Å². The van der Waals surface area contributed by atoms with Crippen molar-refractivity contribution in [3.63, 3.8) is 0 Å². The van der Waals surface area contributed by atoms with Crippen molar-refractivity contribution in [3.8, 4) is 44.8 Å². The Bertz CT molecular complexity index is 3200. The lowest BCUT2D eigenvalue weighted by Gasteiger charge is -2.27. The number of anilines is 3. The normalized spacial score (nSPS) is 11.5. The van der Waals surface area contributed by atoms with Crippen molar-refractivity contribution in [2.75, 3.05) is 4.90 Å². The Hall–Kier alpha value is -7.69. The van der Waals surface area contributed by atoms with Crippen molar-refractivity contribution in [2.24, 2.45) is 0 Å². The van der Waals surface area contributed by atoms with E-state index in [2.05, 4.69) is 175 Å². The zero-order valence-corrected chi connectivity index (χ0v) is 30.8. The third-order valence-corrected chi connectivity index (χ3v) is 10.9. The van der Waals surface area contributed by atoms with E-state index in [-0.39, 0.29) is 0 Å². The Labute approximate surface area is 329 Å². The molecule has 0 amide bonds. The topological polar surface area (TPSA) is 42.4 Å². The highest BCUT2D eigenvalue weighted by molar-refractivity contribution is 6.10. The minimum Gasteiger partial charge on any atom is -0.456 e. The molecule has 4 heteroatoms. The molecule has 0 saturated carbocycles. The third kappa shape index (κ3) is 5.92. The van der Waals surface area contributed by atoms with Crippen molar-refractivity contribution in [1.82, 2.24) is 4.98 Å². The highest BCUT2D eigenvalue weighted by Crippen LogP contribution is 2.42. The SMILES string of the molecule is c1ccc(-c2ccc(N(c3ccc(-c4ccc5oc6cc7oc(-c8ccccc8)nc7cc6c5c4)cc3)c3cc(-c4ccccc4)c4ccccc4c3)cc2)cc1. The molecule has 0 aliphatic heterocycles. The third-order valence-electron chi connectivity index (χ3n) is 10.9. The molecule has 0 aliphatic rings. The lowest BCUT2D eigenvalue weighted by Crippen LogP contribution is -2.10. The maximum Gasteiger partial charge on any atom is 0.227 e. The summed E-state index contributed by atoms with van der Waals surface area (Å²) in [5, 5.41) is 4.48. The Morgan fingerprint density at radius 1 is 0.333 bits per heavy atom. The summed E-state index contributed by atoms with van der Waals surface area (Å²) in [6.07, 6.45) is 0. The molecule has 0 atom stereocenters. The van der Waals surface area contributed by atoms with Gasteiger partial charge in [-0.05, 0) is 111 Å². The number of aromatic nitrogens is 1. The molecule has 0 bridgehead atoms. The molecule has 0 saturated heterocycles. The largest absolute Gasteiger partial charge is 0.456 e. The first-order valence-corrected chi connectivity index (χ1v) is 19.2. The lowest BCUT2D eigenvalue weighted by molar-refractivity contribution is 0.617. The summed E-state index contributed by atoms with van der Waals surface area (Å²) in [5.74, 6) is 0.601. The first-order valence-electron chi connectivity index (χ1n) is 19.2. The average molecular weight is 731 g/mol. The molecular formula is C53H34N2O2. The van der Waals surface area contributed by atoms with Crippen LogP contribution in [0.2, 0.25) is 0 Å². The first kappa shape index (κ1) is 32.7. The number of oxazole rings is 1. The summed E-state index contributed by atoms with van der Waals surface area (Å²) < 4.78 is 12.5. The van der Waals surface area contributed by atoms with Crippen LogP contribution in [0.4, 0.5) is 17.1 Å². The first-order chi connectivity index (χ1) is 28.2. The van der Waals surface area contributed by atoms with Gasteiger partial charge < -0.3 is 13.7 Å². The van der Waals surface area contributed by atoms with E-state index in [1.54, 1.807) is 0 Å². The van der Waals surface area contributed by atoms with Crippen LogP contribution < -0.4 is 4.90 Å². The summed E-state index contributed by atoms with van der Waals surface area (Å²) in [6, 6.07) is 72.6. The van der Waals surface area contributed by atoms with Gasteiger partial charge in [0.1, 0.15) is 16.7 Å². The molecule has 2 aromatic heterocycles.